The van der Waals surface area contributed by atoms with E-state index in [9.17, 15) is 0 Å². The molecule has 1 saturated heterocycles. The molecule has 3 heteroatoms. The molecule has 0 saturated carbocycles. The van der Waals surface area contributed by atoms with Gasteiger partial charge in [-0.3, -0.25) is 0 Å². The number of nitrogens with one attached hydrogen (secondary N) is 1. The molecule has 0 bridgehead atoms. The van der Waals surface area contributed by atoms with Gasteiger partial charge in [0.15, 0.2) is 0 Å². The van der Waals surface area contributed by atoms with E-state index >= 15 is 0 Å². The summed E-state index contributed by atoms with van der Waals surface area (Å²) in [5.41, 5.74) is 2.42. The van der Waals surface area contributed by atoms with Gasteiger partial charge in [0.2, 0.25) is 0 Å². The number of benzene rings is 1. The van der Waals surface area contributed by atoms with Crippen LogP contribution in [0.4, 0.5) is 11.4 Å². The lowest BCUT2D eigenvalue weighted by Crippen LogP contribution is -2.49. The average molecular weight is 251 g/mol. The van der Waals surface area contributed by atoms with E-state index in [2.05, 4.69) is 23.2 Å². The molecular weight excluding hydrogens is 232 g/mol. The van der Waals surface area contributed by atoms with Gasteiger partial charge in [-0.1, -0.05) is 31.0 Å². The monoisotopic (exact) mass is 250 g/mol. The predicted octanol–water partition coefficient (Wildman–Crippen LogP) is 3.76. The molecule has 17 heavy (non-hydrogen) atoms. The number of nitrogens with zero attached hydrogens (tertiary/aromatic N) is 1. The number of rotatable bonds is 1. The smallest absolute Gasteiger partial charge is 0.0794 e. The molecule has 2 nitrogen and oxygen atoms in total. The van der Waals surface area contributed by atoms with Gasteiger partial charge in [-0.15, -0.1) is 0 Å². The van der Waals surface area contributed by atoms with E-state index in [0.29, 0.717) is 6.04 Å². The van der Waals surface area contributed by atoms with Gasteiger partial charge in [-0.2, -0.15) is 0 Å². The SMILES string of the molecule is CCC1CCN2c3c(Cl)cccc3NCC2C1. The van der Waals surface area contributed by atoms with Crippen LogP contribution >= 0.6 is 11.6 Å². The maximum Gasteiger partial charge on any atom is 0.0794 e. The number of para-hydroxylation sites is 1. The highest BCUT2D eigenvalue weighted by Gasteiger charge is 2.32. The lowest BCUT2D eigenvalue weighted by atomic mass is 9.87. The van der Waals surface area contributed by atoms with Crippen LogP contribution < -0.4 is 10.2 Å². The van der Waals surface area contributed by atoms with Gasteiger partial charge < -0.3 is 10.2 Å². The molecule has 0 aromatic heterocycles. The highest BCUT2D eigenvalue weighted by molar-refractivity contribution is 6.34. The summed E-state index contributed by atoms with van der Waals surface area (Å²) in [5.74, 6) is 0.891. The van der Waals surface area contributed by atoms with E-state index in [1.807, 2.05) is 12.1 Å². The number of piperidine rings is 1. The Hall–Kier alpha value is -0.890. The summed E-state index contributed by atoms with van der Waals surface area (Å²) in [4.78, 5) is 2.51. The molecule has 2 unspecified atom stereocenters. The highest BCUT2D eigenvalue weighted by Crippen LogP contribution is 2.41. The molecule has 1 N–H and O–H groups in total. The van der Waals surface area contributed by atoms with Crippen LogP contribution in [-0.2, 0) is 0 Å². The second-order valence-electron chi connectivity index (χ2n) is 5.16. The normalized spacial score (nSPS) is 27.1. The van der Waals surface area contributed by atoms with Crippen molar-refractivity contribution in [1.82, 2.24) is 0 Å². The van der Waals surface area contributed by atoms with Gasteiger partial charge in [-0.25, -0.2) is 0 Å². The quantitative estimate of drug-likeness (QED) is 0.817. The number of halogens is 1. The maximum absolute atomic E-state index is 6.35. The van der Waals surface area contributed by atoms with Gasteiger partial charge in [0.25, 0.3) is 0 Å². The highest BCUT2D eigenvalue weighted by atomic mass is 35.5. The van der Waals surface area contributed by atoms with Crippen molar-refractivity contribution >= 4 is 23.0 Å². The third-order valence-corrected chi connectivity index (χ3v) is 4.51. The fourth-order valence-electron chi connectivity index (χ4n) is 3.17. The first-order valence-corrected chi connectivity index (χ1v) is 6.96. The van der Waals surface area contributed by atoms with E-state index in [1.165, 1.54) is 30.6 Å². The van der Waals surface area contributed by atoms with Crippen LogP contribution in [0.5, 0.6) is 0 Å². The second kappa shape index (κ2) is 4.41. The third-order valence-electron chi connectivity index (χ3n) is 4.20. The summed E-state index contributed by atoms with van der Waals surface area (Å²) < 4.78 is 0. The lowest BCUT2D eigenvalue weighted by molar-refractivity contribution is 0.336. The summed E-state index contributed by atoms with van der Waals surface area (Å²) in [5, 5.41) is 4.41. The first-order chi connectivity index (χ1) is 8.29. The minimum Gasteiger partial charge on any atom is -0.381 e. The summed E-state index contributed by atoms with van der Waals surface area (Å²) >= 11 is 6.35. The molecule has 0 radical (unpaired) electrons. The minimum absolute atomic E-state index is 0.626. The Kier molecular flexibility index (Phi) is 2.91. The first-order valence-electron chi connectivity index (χ1n) is 6.58. The lowest BCUT2D eigenvalue weighted by Gasteiger charge is -2.45. The van der Waals surface area contributed by atoms with E-state index in [4.69, 9.17) is 11.6 Å². The van der Waals surface area contributed by atoms with Gasteiger partial charge >= 0.3 is 0 Å². The molecule has 1 aromatic rings. The van der Waals surface area contributed by atoms with E-state index in [0.717, 1.165) is 24.0 Å². The maximum atomic E-state index is 6.35. The second-order valence-corrected chi connectivity index (χ2v) is 5.57. The zero-order chi connectivity index (χ0) is 11.8. The van der Waals surface area contributed by atoms with Gasteiger partial charge in [0.1, 0.15) is 0 Å². The van der Waals surface area contributed by atoms with Crippen molar-refractivity contribution in [3.8, 4) is 0 Å². The Labute approximate surface area is 108 Å². The largest absolute Gasteiger partial charge is 0.381 e. The van der Waals surface area contributed by atoms with E-state index in [1.54, 1.807) is 0 Å². The van der Waals surface area contributed by atoms with Crippen molar-refractivity contribution in [2.45, 2.75) is 32.2 Å². The van der Waals surface area contributed by atoms with Crippen LogP contribution in [0.15, 0.2) is 18.2 Å². The molecule has 0 amide bonds. The summed E-state index contributed by atoms with van der Waals surface area (Å²) in [7, 11) is 0. The average Bonchev–Trinajstić information content (AvgIpc) is 2.38. The van der Waals surface area contributed by atoms with Crippen molar-refractivity contribution in [2.75, 3.05) is 23.3 Å². The third kappa shape index (κ3) is 1.89. The Balaban J connectivity index is 1.92. The topological polar surface area (TPSA) is 15.3 Å². The summed E-state index contributed by atoms with van der Waals surface area (Å²) in [6.45, 7) is 4.52. The molecule has 2 atom stereocenters. The van der Waals surface area contributed by atoms with E-state index < -0.39 is 0 Å². The number of fused-ring (bicyclic) bond motifs is 3. The van der Waals surface area contributed by atoms with Crippen molar-refractivity contribution in [3.05, 3.63) is 23.2 Å². The van der Waals surface area contributed by atoms with E-state index in [-0.39, 0.29) is 0 Å². The standard InChI is InChI=1S/C14H19ClN2/c1-2-10-6-7-17-11(8-10)9-16-13-5-3-4-12(15)14(13)17/h3-5,10-11,16H,2,6-9H2,1H3. The van der Waals surface area contributed by atoms with Crippen LogP contribution in [0.3, 0.4) is 0 Å². The van der Waals surface area contributed by atoms with Crippen molar-refractivity contribution < 1.29 is 0 Å². The Morgan fingerprint density at radius 2 is 2.35 bits per heavy atom. The van der Waals surface area contributed by atoms with Gasteiger partial charge in [0, 0.05) is 19.1 Å². The van der Waals surface area contributed by atoms with Gasteiger partial charge in [-0.05, 0) is 30.9 Å². The molecule has 2 aliphatic rings. The van der Waals surface area contributed by atoms with Crippen LogP contribution in [0.1, 0.15) is 26.2 Å². The van der Waals surface area contributed by atoms with Crippen LogP contribution in [0, 0.1) is 5.92 Å². The number of hydrogen-bond donors (Lipinski definition) is 1. The minimum atomic E-state index is 0.626. The predicted molar refractivity (Wildman–Crippen MR) is 74.1 cm³/mol. The Morgan fingerprint density at radius 3 is 3.18 bits per heavy atom. The summed E-state index contributed by atoms with van der Waals surface area (Å²) in [6, 6.07) is 6.77. The molecule has 1 fully saturated rings. The molecule has 92 valence electrons. The summed E-state index contributed by atoms with van der Waals surface area (Å²) in [6.07, 6.45) is 3.91. The first kappa shape index (κ1) is 11.2. The zero-order valence-corrected chi connectivity index (χ0v) is 11.0. The van der Waals surface area contributed by atoms with Crippen LogP contribution in [-0.4, -0.2) is 19.1 Å². The fourth-order valence-corrected chi connectivity index (χ4v) is 3.45. The Bertz CT molecular complexity index is 419. The number of hydrogen-bond acceptors (Lipinski definition) is 2. The fraction of sp³-hybridized carbons (Fsp3) is 0.571. The molecule has 0 aliphatic carbocycles. The Morgan fingerprint density at radius 1 is 1.47 bits per heavy atom. The molecule has 2 heterocycles. The van der Waals surface area contributed by atoms with Crippen LogP contribution in [0.2, 0.25) is 5.02 Å². The van der Waals surface area contributed by atoms with Crippen molar-refractivity contribution in [1.29, 1.82) is 0 Å². The van der Waals surface area contributed by atoms with Crippen molar-refractivity contribution in [2.24, 2.45) is 5.92 Å². The van der Waals surface area contributed by atoms with Crippen LogP contribution in [0.25, 0.3) is 0 Å². The molecular formula is C14H19ClN2. The van der Waals surface area contributed by atoms with Gasteiger partial charge in [0.05, 0.1) is 16.4 Å². The zero-order valence-electron chi connectivity index (χ0n) is 10.2. The molecule has 1 aromatic carbocycles. The molecule has 3 rings (SSSR count). The van der Waals surface area contributed by atoms with Crippen molar-refractivity contribution in [3.63, 3.8) is 0 Å². The molecule has 0 spiro atoms. The number of anilines is 2. The molecule has 2 aliphatic heterocycles.